The molecule has 4 aliphatic rings. The Morgan fingerprint density at radius 1 is 0.737 bits per heavy atom. The van der Waals surface area contributed by atoms with Gasteiger partial charge in [-0.25, -0.2) is 0 Å². The molecule has 0 nitrogen and oxygen atoms in total. The number of fused-ring (bicyclic) bond motifs is 5. The van der Waals surface area contributed by atoms with Gasteiger partial charge in [0.1, 0.15) is 0 Å². The van der Waals surface area contributed by atoms with Crippen LogP contribution in [0.2, 0.25) is 0 Å². The Labute approximate surface area is 121 Å². The molecular formula is C19H34. The lowest BCUT2D eigenvalue weighted by Crippen LogP contribution is -2.51. The zero-order chi connectivity index (χ0) is 13.1. The standard InChI is InChI=1S/C19H32.H2/c1-18-11-5-7-16(18)15-9-8-14-6-3-4-12-19(14,2)17(15)10-13-18;/h14-17H,3-13H2,1-2H3;1H/t14-,15+,16+,17+,18+,19+;/m1./s1. The number of hydrogen-bond acceptors (Lipinski definition) is 0. The first-order valence-corrected chi connectivity index (χ1v) is 9.13. The molecule has 4 rings (SSSR count). The van der Waals surface area contributed by atoms with Gasteiger partial charge >= 0.3 is 0 Å². The maximum Gasteiger partial charge on any atom is 0 e. The van der Waals surface area contributed by atoms with Crippen LogP contribution in [0.4, 0.5) is 0 Å². The fourth-order valence-electron chi connectivity index (χ4n) is 7.29. The van der Waals surface area contributed by atoms with Crippen molar-refractivity contribution in [1.82, 2.24) is 0 Å². The maximum atomic E-state index is 2.70. The Balaban J connectivity index is 0.00000121. The van der Waals surface area contributed by atoms with Crippen molar-refractivity contribution in [3.05, 3.63) is 0 Å². The van der Waals surface area contributed by atoms with Crippen molar-refractivity contribution in [2.75, 3.05) is 0 Å². The quantitative estimate of drug-likeness (QED) is 0.498. The van der Waals surface area contributed by atoms with Crippen molar-refractivity contribution in [2.45, 2.75) is 84.5 Å². The van der Waals surface area contributed by atoms with Gasteiger partial charge in [0.25, 0.3) is 0 Å². The third kappa shape index (κ3) is 1.70. The molecule has 0 radical (unpaired) electrons. The van der Waals surface area contributed by atoms with Crippen molar-refractivity contribution in [1.29, 1.82) is 0 Å². The molecule has 0 aromatic heterocycles. The summed E-state index contributed by atoms with van der Waals surface area (Å²) in [7, 11) is 0. The summed E-state index contributed by atoms with van der Waals surface area (Å²) in [5.41, 5.74) is 1.49. The van der Waals surface area contributed by atoms with E-state index in [0.717, 1.165) is 34.5 Å². The SMILES string of the molecule is C[C@@]12CCC[C@H]1[C@@H]1CC[C@H]3CCCC[C@]3(C)[C@H]1CC2.[HH]. The second-order valence-electron chi connectivity index (χ2n) is 8.99. The number of hydrogen-bond donors (Lipinski definition) is 0. The van der Waals surface area contributed by atoms with Crippen LogP contribution in [0.3, 0.4) is 0 Å². The fourth-order valence-corrected chi connectivity index (χ4v) is 7.29. The minimum atomic E-state index is 0. The summed E-state index contributed by atoms with van der Waals surface area (Å²) >= 11 is 0. The van der Waals surface area contributed by atoms with E-state index in [9.17, 15) is 0 Å². The molecular weight excluding hydrogens is 228 g/mol. The van der Waals surface area contributed by atoms with E-state index in [1.807, 2.05) is 0 Å². The van der Waals surface area contributed by atoms with E-state index in [4.69, 9.17) is 0 Å². The van der Waals surface area contributed by atoms with E-state index >= 15 is 0 Å². The minimum absolute atomic E-state index is 0. The highest BCUT2D eigenvalue weighted by Gasteiger charge is 2.56. The summed E-state index contributed by atoms with van der Waals surface area (Å²) in [5.74, 6) is 4.41. The Bertz CT molecular complexity index is 365. The zero-order valence-corrected chi connectivity index (χ0v) is 13.1. The Hall–Kier alpha value is 0. The van der Waals surface area contributed by atoms with Crippen LogP contribution in [-0.4, -0.2) is 0 Å². The highest BCUT2D eigenvalue weighted by molar-refractivity contribution is 5.06. The summed E-state index contributed by atoms with van der Waals surface area (Å²) in [6, 6.07) is 0. The van der Waals surface area contributed by atoms with E-state index in [0.29, 0.717) is 0 Å². The summed E-state index contributed by atoms with van der Waals surface area (Å²) in [6.45, 7) is 5.33. The third-order valence-electron chi connectivity index (χ3n) is 8.36. The fraction of sp³-hybridized carbons (Fsp3) is 1.00. The highest BCUT2D eigenvalue weighted by Crippen LogP contribution is 2.66. The Kier molecular flexibility index (Phi) is 2.84. The normalized spacial score (nSPS) is 57.2. The molecule has 110 valence electrons. The maximum absolute atomic E-state index is 2.70. The molecule has 0 heteroatoms. The van der Waals surface area contributed by atoms with Crippen molar-refractivity contribution in [3.63, 3.8) is 0 Å². The molecule has 0 bridgehead atoms. The van der Waals surface area contributed by atoms with Gasteiger partial charge in [-0.15, -0.1) is 0 Å². The molecule has 4 aliphatic carbocycles. The largest absolute Gasteiger partial charge is 0.0594 e. The van der Waals surface area contributed by atoms with E-state index in [1.165, 1.54) is 19.3 Å². The van der Waals surface area contributed by atoms with Gasteiger partial charge in [-0.2, -0.15) is 0 Å². The van der Waals surface area contributed by atoms with Crippen molar-refractivity contribution >= 4 is 0 Å². The molecule has 0 aromatic carbocycles. The van der Waals surface area contributed by atoms with Crippen LogP contribution in [0, 0.1) is 34.5 Å². The first-order chi connectivity index (χ1) is 9.13. The van der Waals surface area contributed by atoms with Gasteiger partial charge in [-0.3, -0.25) is 0 Å². The van der Waals surface area contributed by atoms with Crippen LogP contribution in [0.5, 0.6) is 0 Å². The second kappa shape index (κ2) is 4.25. The lowest BCUT2D eigenvalue weighted by atomic mass is 9.45. The van der Waals surface area contributed by atoms with Gasteiger partial charge in [-0.1, -0.05) is 33.1 Å². The van der Waals surface area contributed by atoms with Crippen LogP contribution >= 0.6 is 0 Å². The molecule has 0 spiro atoms. The topological polar surface area (TPSA) is 0 Å². The smallest absolute Gasteiger partial charge is 0 e. The average molecular weight is 262 g/mol. The van der Waals surface area contributed by atoms with Crippen molar-refractivity contribution in [3.8, 4) is 0 Å². The van der Waals surface area contributed by atoms with Crippen LogP contribution < -0.4 is 0 Å². The van der Waals surface area contributed by atoms with Crippen molar-refractivity contribution < 1.29 is 1.43 Å². The Morgan fingerprint density at radius 3 is 2.53 bits per heavy atom. The molecule has 0 N–H and O–H groups in total. The average Bonchev–Trinajstić information content (AvgIpc) is 2.79. The summed E-state index contributed by atoms with van der Waals surface area (Å²) in [4.78, 5) is 0. The lowest BCUT2D eigenvalue weighted by molar-refractivity contribution is -0.103. The van der Waals surface area contributed by atoms with Gasteiger partial charge in [0, 0.05) is 1.43 Å². The van der Waals surface area contributed by atoms with Gasteiger partial charge in [0.2, 0.25) is 0 Å². The van der Waals surface area contributed by atoms with Crippen LogP contribution in [-0.2, 0) is 0 Å². The molecule has 0 aliphatic heterocycles. The Morgan fingerprint density at radius 2 is 1.63 bits per heavy atom. The summed E-state index contributed by atoms with van der Waals surface area (Å²) < 4.78 is 0. The predicted octanol–water partition coefficient (Wildman–Crippen LogP) is 6.06. The molecule has 19 heavy (non-hydrogen) atoms. The highest BCUT2D eigenvalue weighted by atomic mass is 14.6. The first kappa shape index (κ1) is 12.7. The molecule has 4 fully saturated rings. The lowest BCUT2D eigenvalue weighted by Gasteiger charge is -2.60. The summed E-state index contributed by atoms with van der Waals surface area (Å²) in [5, 5.41) is 0. The second-order valence-corrected chi connectivity index (χ2v) is 8.99. The summed E-state index contributed by atoms with van der Waals surface area (Å²) in [6.07, 6.45) is 17.1. The first-order valence-electron chi connectivity index (χ1n) is 9.13. The van der Waals surface area contributed by atoms with E-state index < -0.39 is 0 Å². The molecule has 0 saturated heterocycles. The third-order valence-corrected chi connectivity index (χ3v) is 8.36. The van der Waals surface area contributed by atoms with Gasteiger partial charge in [-0.05, 0) is 85.9 Å². The molecule has 6 atom stereocenters. The van der Waals surface area contributed by atoms with Crippen molar-refractivity contribution in [2.24, 2.45) is 34.5 Å². The predicted molar refractivity (Wildman–Crippen MR) is 83.1 cm³/mol. The van der Waals surface area contributed by atoms with Gasteiger partial charge in [0.05, 0.1) is 0 Å². The minimum Gasteiger partial charge on any atom is -0.0594 e. The number of rotatable bonds is 0. The molecule has 4 saturated carbocycles. The molecule has 0 aromatic rings. The molecule has 0 heterocycles. The molecule has 0 unspecified atom stereocenters. The van der Waals surface area contributed by atoms with E-state index in [-0.39, 0.29) is 1.43 Å². The zero-order valence-electron chi connectivity index (χ0n) is 13.1. The van der Waals surface area contributed by atoms with Crippen LogP contribution in [0.25, 0.3) is 0 Å². The van der Waals surface area contributed by atoms with Gasteiger partial charge < -0.3 is 0 Å². The van der Waals surface area contributed by atoms with E-state index in [1.54, 1.807) is 51.4 Å². The van der Waals surface area contributed by atoms with Crippen LogP contribution in [0.1, 0.15) is 85.9 Å². The van der Waals surface area contributed by atoms with E-state index in [2.05, 4.69) is 13.8 Å². The van der Waals surface area contributed by atoms with Crippen LogP contribution in [0.15, 0.2) is 0 Å². The monoisotopic (exact) mass is 262 g/mol. The molecule has 0 amide bonds. The van der Waals surface area contributed by atoms with Gasteiger partial charge in [0.15, 0.2) is 0 Å².